The van der Waals surface area contributed by atoms with Crippen molar-refractivity contribution in [3.05, 3.63) is 29.8 Å². The van der Waals surface area contributed by atoms with E-state index in [0.717, 1.165) is 5.56 Å². The Morgan fingerprint density at radius 2 is 1.03 bits per heavy atom. The molecule has 1 aliphatic heterocycles. The molecule has 0 N–H and O–H groups in total. The molecule has 36 heavy (non-hydrogen) atoms. The molecule has 0 saturated carbocycles. The predicted molar refractivity (Wildman–Crippen MR) is 130 cm³/mol. The Morgan fingerprint density at radius 1 is 0.639 bits per heavy atom. The minimum Gasteiger partial charge on any atom is -0.377 e. The Labute approximate surface area is 214 Å². The molecule has 1 heterocycles. The lowest BCUT2D eigenvalue weighted by Gasteiger charge is -2.18. The van der Waals surface area contributed by atoms with Gasteiger partial charge in [-0.15, -0.1) is 0 Å². The zero-order valence-corrected chi connectivity index (χ0v) is 21.9. The third-order valence-corrected chi connectivity index (χ3v) is 6.13. The summed E-state index contributed by atoms with van der Waals surface area (Å²) in [5, 5.41) is 0. The van der Waals surface area contributed by atoms with Crippen LogP contribution in [0.25, 0.3) is 0 Å². The maximum absolute atomic E-state index is 12.5. The Bertz CT molecular complexity index is 734. The van der Waals surface area contributed by atoms with Crippen LogP contribution in [0, 0.1) is 6.92 Å². The Kier molecular flexibility index (Phi) is 17.1. The second-order valence-electron chi connectivity index (χ2n) is 7.79. The molecule has 1 fully saturated rings. The topological polar surface area (TPSA) is 117 Å². The van der Waals surface area contributed by atoms with Crippen LogP contribution in [-0.4, -0.2) is 120 Å². The average molecular weight is 537 g/mol. The quantitative estimate of drug-likeness (QED) is 0.517. The Morgan fingerprint density at radius 3 is 1.47 bits per heavy atom. The molecule has 0 amide bonds. The molecule has 1 aliphatic rings. The molecule has 0 aliphatic carbocycles. The summed E-state index contributed by atoms with van der Waals surface area (Å²) in [6.45, 7) is 7.74. The van der Waals surface area contributed by atoms with E-state index >= 15 is 0 Å². The van der Waals surface area contributed by atoms with Crippen LogP contribution in [0.1, 0.15) is 5.56 Å². The summed E-state index contributed by atoms with van der Waals surface area (Å²) < 4.78 is 74.3. The Balaban J connectivity index is 1.76. The van der Waals surface area contributed by atoms with Crippen LogP contribution in [-0.2, 0) is 52.2 Å². The number of hydrogen-bond acceptors (Lipinski definition) is 11. The summed E-state index contributed by atoms with van der Waals surface area (Å²) in [6, 6.07) is 6.46. The van der Waals surface area contributed by atoms with Crippen LogP contribution in [0.2, 0.25) is 0 Å². The lowest BCUT2D eigenvalue weighted by atomic mass is 10.2. The van der Waals surface area contributed by atoms with Gasteiger partial charge in [0.15, 0.2) is 0 Å². The van der Waals surface area contributed by atoms with Gasteiger partial charge in [-0.05, 0) is 19.1 Å². The van der Waals surface area contributed by atoms with Crippen molar-refractivity contribution >= 4 is 10.1 Å². The van der Waals surface area contributed by atoms with E-state index in [1.165, 1.54) is 12.1 Å². The summed E-state index contributed by atoms with van der Waals surface area (Å²) in [5.41, 5.74) is 0.958. The largest absolute Gasteiger partial charge is 0.377 e. The summed E-state index contributed by atoms with van der Waals surface area (Å²) in [6.07, 6.45) is -0.601. The van der Waals surface area contributed by atoms with Crippen molar-refractivity contribution in [2.45, 2.75) is 17.9 Å². The van der Waals surface area contributed by atoms with Crippen LogP contribution >= 0.6 is 0 Å². The number of rotatable bonds is 4. The highest BCUT2D eigenvalue weighted by Gasteiger charge is 2.19. The smallest absolute Gasteiger partial charge is 0.297 e. The molecule has 208 valence electrons. The van der Waals surface area contributed by atoms with Gasteiger partial charge in [0.05, 0.1) is 111 Å². The zero-order chi connectivity index (χ0) is 25.7. The standard InChI is InChI=1S/C24H40O11S/c1-22-2-4-24(5-3-22)36(25,26)35-21-23-20-33-17-16-31-13-12-29-9-8-27-6-7-28-10-11-30-14-15-32-18-19-34-23/h2-5,23H,6-21H2,1H3. The van der Waals surface area contributed by atoms with Crippen molar-refractivity contribution < 1.29 is 50.5 Å². The summed E-state index contributed by atoms with van der Waals surface area (Å²) in [7, 11) is -3.91. The number of benzene rings is 1. The summed E-state index contributed by atoms with van der Waals surface area (Å²) in [5.74, 6) is 0. The van der Waals surface area contributed by atoms with Gasteiger partial charge in [0.1, 0.15) is 6.10 Å². The second kappa shape index (κ2) is 19.9. The number of aryl methyl sites for hydroxylation is 1. The third-order valence-electron chi connectivity index (χ3n) is 4.84. The van der Waals surface area contributed by atoms with Crippen molar-refractivity contribution in [3.8, 4) is 0 Å². The van der Waals surface area contributed by atoms with E-state index in [-0.39, 0.29) is 24.7 Å². The van der Waals surface area contributed by atoms with Gasteiger partial charge in [0, 0.05) is 0 Å². The molecular weight excluding hydrogens is 496 g/mol. The monoisotopic (exact) mass is 536 g/mol. The van der Waals surface area contributed by atoms with Crippen molar-refractivity contribution in [2.24, 2.45) is 0 Å². The van der Waals surface area contributed by atoms with Crippen LogP contribution in [0.5, 0.6) is 0 Å². The summed E-state index contributed by atoms with van der Waals surface area (Å²) >= 11 is 0. The maximum atomic E-state index is 12.5. The first-order valence-electron chi connectivity index (χ1n) is 12.2. The van der Waals surface area contributed by atoms with Gasteiger partial charge in [-0.3, -0.25) is 4.18 Å². The van der Waals surface area contributed by atoms with Gasteiger partial charge in [0.2, 0.25) is 0 Å². The SMILES string of the molecule is Cc1ccc(S(=O)(=O)OCC2COCCOCCOCCOCCOCCOCCOCCO2)cc1. The van der Waals surface area contributed by atoms with Crippen molar-refractivity contribution in [1.29, 1.82) is 0 Å². The zero-order valence-electron chi connectivity index (χ0n) is 21.1. The second-order valence-corrected chi connectivity index (χ2v) is 9.41. The molecule has 1 atom stereocenters. The highest BCUT2D eigenvalue weighted by molar-refractivity contribution is 7.86. The van der Waals surface area contributed by atoms with E-state index in [1.807, 2.05) is 6.92 Å². The third kappa shape index (κ3) is 15.2. The molecule has 0 aromatic heterocycles. The van der Waals surface area contributed by atoms with E-state index in [9.17, 15) is 8.42 Å². The van der Waals surface area contributed by atoms with E-state index in [2.05, 4.69) is 0 Å². The fourth-order valence-corrected chi connectivity index (χ4v) is 3.83. The molecule has 12 heteroatoms. The maximum Gasteiger partial charge on any atom is 0.297 e. The van der Waals surface area contributed by atoms with Crippen LogP contribution in [0.3, 0.4) is 0 Å². The minimum absolute atomic E-state index is 0.0923. The lowest BCUT2D eigenvalue weighted by Crippen LogP contribution is -2.29. The van der Waals surface area contributed by atoms with Crippen molar-refractivity contribution in [3.63, 3.8) is 0 Å². The molecule has 0 radical (unpaired) electrons. The van der Waals surface area contributed by atoms with Gasteiger partial charge >= 0.3 is 0 Å². The first-order valence-corrected chi connectivity index (χ1v) is 13.6. The highest BCUT2D eigenvalue weighted by Crippen LogP contribution is 2.14. The van der Waals surface area contributed by atoms with Crippen LogP contribution < -0.4 is 0 Å². The molecule has 0 bridgehead atoms. The van der Waals surface area contributed by atoms with Gasteiger partial charge in [0.25, 0.3) is 10.1 Å². The van der Waals surface area contributed by atoms with Gasteiger partial charge in [-0.25, -0.2) is 0 Å². The van der Waals surface area contributed by atoms with E-state index in [1.54, 1.807) is 12.1 Å². The predicted octanol–water partition coefficient (Wildman–Crippen LogP) is 1.22. The Hall–Kier alpha value is -1.19. The molecule has 2 rings (SSSR count). The molecule has 11 nitrogen and oxygen atoms in total. The van der Waals surface area contributed by atoms with E-state index in [4.69, 9.17) is 42.1 Å². The summed E-state index contributed by atoms with van der Waals surface area (Å²) in [4.78, 5) is 0.0923. The first-order chi connectivity index (χ1) is 17.6. The van der Waals surface area contributed by atoms with Crippen molar-refractivity contribution in [2.75, 3.05) is 106 Å². The lowest BCUT2D eigenvalue weighted by molar-refractivity contribution is -0.0685. The van der Waals surface area contributed by atoms with E-state index in [0.29, 0.717) is 85.9 Å². The van der Waals surface area contributed by atoms with Gasteiger partial charge in [-0.1, -0.05) is 17.7 Å². The highest BCUT2D eigenvalue weighted by atomic mass is 32.2. The molecule has 0 spiro atoms. The normalized spacial score (nSPS) is 22.4. The molecular formula is C24H40O11S. The van der Waals surface area contributed by atoms with Crippen LogP contribution in [0.4, 0.5) is 0 Å². The van der Waals surface area contributed by atoms with Gasteiger partial charge < -0.3 is 37.9 Å². The van der Waals surface area contributed by atoms with Crippen LogP contribution in [0.15, 0.2) is 29.2 Å². The molecule has 1 aromatic rings. The van der Waals surface area contributed by atoms with Gasteiger partial charge in [-0.2, -0.15) is 8.42 Å². The van der Waals surface area contributed by atoms with E-state index < -0.39 is 16.2 Å². The fraction of sp³-hybridized carbons (Fsp3) is 0.750. The number of hydrogen-bond donors (Lipinski definition) is 0. The molecule has 1 aromatic carbocycles. The van der Waals surface area contributed by atoms with Crippen molar-refractivity contribution in [1.82, 2.24) is 0 Å². The average Bonchev–Trinajstić information content (AvgIpc) is 2.86. The first kappa shape index (κ1) is 31.0. The molecule has 1 unspecified atom stereocenters. The number of ether oxygens (including phenoxy) is 8. The molecule has 1 saturated heterocycles. The fourth-order valence-electron chi connectivity index (χ4n) is 2.89. The minimum atomic E-state index is -3.91.